The van der Waals surface area contributed by atoms with Gasteiger partial charge in [-0.3, -0.25) is 4.99 Å². The Morgan fingerprint density at radius 2 is 2.00 bits per heavy atom. The molecule has 0 radical (unpaired) electrons. The Balaban J connectivity index is 3.29. The van der Waals surface area contributed by atoms with Crippen LogP contribution in [0.15, 0.2) is 53.3 Å². The minimum atomic E-state index is -4.26. The first-order chi connectivity index (χ1) is 10.7. The van der Waals surface area contributed by atoms with Crippen LogP contribution in [0.4, 0.5) is 13.2 Å². The van der Waals surface area contributed by atoms with E-state index in [1.807, 2.05) is 0 Å². The van der Waals surface area contributed by atoms with E-state index >= 15 is 0 Å². The van der Waals surface area contributed by atoms with Crippen LogP contribution in [-0.4, -0.2) is 36.4 Å². The third-order valence-corrected chi connectivity index (χ3v) is 3.57. The van der Waals surface area contributed by atoms with E-state index < -0.39 is 18.1 Å². The van der Waals surface area contributed by atoms with Gasteiger partial charge in [0.05, 0.1) is 17.3 Å². The molecule has 0 amide bonds. The lowest BCUT2D eigenvalue weighted by molar-refractivity contribution is -0.186. The molecule has 128 valence electrons. The van der Waals surface area contributed by atoms with E-state index in [0.717, 1.165) is 0 Å². The van der Waals surface area contributed by atoms with Crippen molar-refractivity contribution < 1.29 is 13.2 Å². The van der Waals surface area contributed by atoms with E-state index in [0.29, 0.717) is 23.5 Å². The molecule has 1 aliphatic rings. The Kier molecular flexibility index (Phi) is 6.81. The van der Waals surface area contributed by atoms with E-state index in [4.69, 9.17) is 5.73 Å². The molecule has 0 saturated carbocycles. The Labute approximate surface area is 135 Å². The van der Waals surface area contributed by atoms with E-state index in [2.05, 4.69) is 18.2 Å². The zero-order valence-electron chi connectivity index (χ0n) is 13.6. The number of alkyl halides is 3. The molecule has 0 aromatic rings. The molecule has 2 N–H and O–H groups in total. The Bertz CT molecular complexity index is 530. The van der Waals surface area contributed by atoms with Crippen LogP contribution < -0.4 is 5.73 Å². The van der Waals surface area contributed by atoms with E-state index in [9.17, 15) is 13.2 Å². The van der Waals surface area contributed by atoms with Crippen LogP contribution >= 0.6 is 0 Å². The normalized spacial score (nSPS) is 24.2. The number of hydrogen-bond donors (Lipinski definition) is 1. The van der Waals surface area contributed by atoms with Crippen molar-refractivity contribution in [2.45, 2.75) is 32.5 Å². The molecule has 0 aromatic heterocycles. The zero-order chi connectivity index (χ0) is 17.6. The number of piperidine rings is 1. The molecule has 0 aromatic carbocycles. The molecule has 1 rings (SSSR count). The molecular weight excluding hydrogens is 303 g/mol. The number of hydrogen-bond acceptors (Lipinski definition) is 3. The van der Waals surface area contributed by atoms with Crippen molar-refractivity contribution in [1.29, 1.82) is 0 Å². The number of nitrogens with two attached hydrogens (primary N) is 1. The maximum atomic E-state index is 13.1. The number of allylic oxidation sites excluding steroid dienone is 4. The van der Waals surface area contributed by atoms with Gasteiger partial charge in [-0.1, -0.05) is 25.3 Å². The summed E-state index contributed by atoms with van der Waals surface area (Å²) >= 11 is 0. The van der Waals surface area contributed by atoms with Crippen LogP contribution in [-0.2, 0) is 0 Å². The van der Waals surface area contributed by atoms with E-state index in [-0.39, 0.29) is 13.0 Å². The van der Waals surface area contributed by atoms with Gasteiger partial charge in [-0.2, -0.15) is 13.2 Å². The van der Waals surface area contributed by atoms with Crippen LogP contribution in [0.2, 0.25) is 0 Å². The number of nitrogens with zero attached hydrogens (tertiary/aromatic N) is 2. The van der Waals surface area contributed by atoms with Crippen molar-refractivity contribution in [3.05, 3.63) is 48.4 Å². The summed E-state index contributed by atoms with van der Waals surface area (Å²) < 4.78 is 39.4. The van der Waals surface area contributed by atoms with Crippen molar-refractivity contribution in [3.63, 3.8) is 0 Å². The largest absolute Gasteiger partial charge is 0.393 e. The van der Waals surface area contributed by atoms with Crippen LogP contribution in [0.3, 0.4) is 0 Å². The lowest BCUT2D eigenvalue weighted by Gasteiger charge is -2.39. The molecule has 1 fully saturated rings. The predicted octanol–water partition coefficient (Wildman–Crippen LogP) is 3.82. The lowest BCUT2D eigenvalue weighted by Crippen LogP contribution is -2.50. The summed E-state index contributed by atoms with van der Waals surface area (Å²) in [5, 5.41) is 0. The van der Waals surface area contributed by atoms with Gasteiger partial charge in [0.15, 0.2) is 0 Å². The van der Waals surface area contributed by atoms with Crippen LogP contribution in [0.25, 0.3) is 0 Å². The fourth-order valence-corrected chi connectivity index (χ4v) is 2.59. The highest BCUT2D eigenvalue weighted by atomic mass is 19.4. The van der Waals surface area contributed by atoms with Gasteiger partial charge in [-0.15, -0.1) is 0 Å². The topological polar surface area (TPSA) is 41.6 Å². The number of likely N-dealkylation sites (tertiary alicyclic amines) is 1. The van der Waals surface area contributed by atoms with Crippen LogP contribution in [0.1, 0.15) is 20.3 Å². The maximum absolute atomic E-state index is 13.1. The van der Waals surface area contributed by atoms with Crippen molar-refractivity contribution >= 4 is 6.21 Å². The highest BCUT2D eigenvalue weighted by Gasteiger charge is 2.44. The number of rotatable bonds is 5. The fraction of sp³-hybridized carbons (Fsp3) is 0.471. The SMILES string of the molecule is C=CC=N/C(C(=C)C)=C(/C=C\C)N1CC(N)CC(C(F)(F)F)C1. The molecule has 1 aliphatic heterocycles. The molecule has 0 bridgehead atoms. The number of aliphatic imine (C=N–C) groups is 1. The van der Waals surface area contributed by atoms with Gasteiger partial charge in [0.2, 0.25) is 0 Å². The quantitative estimate of drug-likeness (QED) is 0.616. The summed E-state index contributed by atoms with van der Waals surface area (Å²) in [7, 11) is 0. The van der Waals surface area contributed by atoms with Crippen molar-refractivity contribution in [2.75, 3.05) is 13.1 Å². The van der Waals surface area contributed by atoms with Crippen molar-refractivity contribution in [1.82, 2.24) is 4.90 Å². The van der Waals surface area contributed by atoms with E-state index in [1.54, 1.807) is 30.9 Å². The monoisotopic (exact) mass is 327 g/mol. The molecule has 2 unspecified atom stereocenters. The summed E-state index contributed by atoms with van der Waals surface area (Å²) in [6.07, 6.45) is 2.21. The first-order valence-electron chi connectivity index (χ1n) is 7.45. The molecule has 0 aliphatic carbocycles. The van der Waals surface area contributed by atoms with Crippen LogP contribution in [0, 0.1) is 5.92 Å². The predicted molar refractivity (Wildman–Crippen MR) is 89.1 cm³/mol. The Hall–Kier alpha value is -1.82. The molecular formula is C17H24F3N3. The van der Waals surface area contributed by atoms with E-state index in [1.165, 1.54) is 12.3 Å². The molecule has 1 saturated heterocycles. The van der Waals surface area contributed by atoms with Gasteiger partial charge < -0.3 is 10.6 Å². The summed E-state index contributed by atoms with van der Waals surface area (Å²) in [5.74, 6) is -1.44. The first-order valence-corrected chi connectivity index (χ1v) is 7.45. The second-order valence-corrected chi connectivity index (χ2v) is 5.67. The fourth-order valence-electron chi connectivity index (χ4n) is 2.59. The molecule has 23 heavy (non-hydrogen) atoms. The third kappa shape index (κ3) is 5.39. The first kappa shape index (κ1) is 19.2. The second kappa shape index (κ2) is 8.15. The van der Waals surface area contributed by atoms with Gasteiger partial charge in [0, 0.05) is 25.3 Å². The molecule has 6 heteroatoms. The van der Waals surface area contributed by atoms with Gasteiger partial charge >= 0.3 is 6.18 Å². The molecule has 3 nitrogen and oxygen atoms in total. The van der Waals surface area contributed by atoms with Crippen molar-refractivity contribution in [2.24, 2.45) is 16.6 Å². The average molecular weight is 327 g/mol. The Morgan fingerprint density at radius 3 is 2.48 bits per heavy atom. The van der Waals surface area contributed by atoms with Gasteiger partial charge in [-0.05, 0) is 31.9 Å². The third-order valence-electron chi connectivity index (χ3n) is 3.57. The average Bonchev–Trinajstić information content (AvgIpc) is 2.44. The van der Waals surface area contributed by atoms with Gasteiger partial charge in [0.25, 0.3) is 0 Å². The van der Waals surface area contributed by atoms with Gasteiger partial charge in [0.1, 0.15) is 0 Å². The Morgan fingerprint density at radius 1 is 1.35 bits per heavy atom. The molecule has 2 atom stereocenters. The smallest absolute Gasteiger partial charge is 0.368 e. The summed E-state index contributed by atoms with van der Waals surface area (Å²) in [5.41, 5.74) is 7.66. The summed E-state index contributed by atoms with van der Waals surface area (Å²) in [6.45, 7) is 11.2. The second-order valence-electron chi connectivity index (χ2n) is 5.67. The lowest BCUT2D eigenvalue weighted by atomic mass is 9.93. The zero-order valence-corrected chi connectivity index (χ0v) is 13.6. The van der Waals surface area contributed by atoms with Crippen molar-refractivity contribution in [3.8, 4) is 0 Å². The summed E-state index contributed by atoms with van der Waals surface area (Å²) in [6, 6.07) is -0.537. The molecule has 1 heterocycles. The van der Waals surface area contributed by atoms with Crippen LogP contribution in [0.5, 0.6) is 0 Å². The molecule has 0 spiro atoms. The minimum Gasteiger partial charge on any atom is -0.368 e. The minimum absolute atomic E-state index is 0.0541. The standard InChI is InChI=1S/C17H24F3N3/c1-5-7-15(16(12(3)4)22-8-6-2)23-10-13(17(18,19)20)9-14(21)11-23/h5-8,13-14H,2-3,9-11,21H2,1,4H3/b7-5-,16-15-,22-8?. The number of halogens is 3. The highest BCUT2D eigenvalue weighted by Crippen LogP contribution is 2.35. The van der Waals surface area contributed by atoms with Gasteiger partial charge in [-0.25, -0.2) is 0 Å². The highest BCUT2D eigenvalue weighted by molar-refractivity contribution is 5.72. The maximum Gasteiger partial charge on any atom is 0.393 e. The summed E-state index contributed by atoms with van der Waals surface area (Å²) in [4.78, 5) is 5.92.